The highest BCUT2D eigenvalue weighted by molar-refractivity contribution is 5.85. The van der Waals surface area contributed by atoms with Crippen LogP contribution in [0.15, 0.2) is 42.5 Å². The van der Waals surface area contributed by atoms with Gasteiger partial charge in [0.15, 0.2) is 0 Å². The average molecular weight is 282 g/mol. The first-order valence-corrected chi connectivity index (χ1v) is 5.90. The molecule has 2 rings (SSSR count). The third-order valence-electron chi connectivity index (χ3n) is 2.72. The monoisotopic (exact) mass is 281 g/mol. The fraction of sp³-hybridized carbons (Fsp3) is 0.200. The maximum Gasteiger partial charge on any atom is 0.123 e. The minimum Gasteiger partial charge on any atom is -0.492 e. The second-order valence-electron chi connectivity index (χ2n) is 4.12. The Morgan fingerprint density at radius 2 is 1.95 bits per heavy atom. The van der Waals surface area contributed by atoms with Crippen molar-refractivity contribution in [2.45, 2.75) is 6.92 Å². The molecule has 0 unspecified atom stereocenters. The van der Waals surface area contributed by atoms with Gasteiger partial charge in [0.2, 0.25) is 0 Å². The van der Waals surface area contributed by atoms with Crippen molar-refractivity contribution in [1.29, 1.82) is 0 Å². The summed E-state index contributed by atoms with van der Waals surface area (Å²) < 4.78 is 18.6. The van der Waals surface area contributed by atoms with E-state index in [1.54, 1.807) is 6.07 Å². The van der Waals surface area contributed by atoms with Crippen molar-refractivity contribution in [3.63, 3.8) is 0 Å². The molecule has 0 aliphatic heterocycles. The van der Waals surface area contributed by atoms with Gasteiger partial charge in [0.25, 0.3) is 0 Å². The van der Waals surface area contributed by atoms with E-state index in [-0.39, 0.29) is 18.2 Å². The number of halogens is 2. The molecule has 0 atom stereocenters. The molecule has 0 bridgehead atoms. The Bertz CT molecular complexity index is 545. The Morgan fingerprint density at radius 1 is 1.16 bits per heavy atom. The SMILES string of the molecule is Cc1cc(OCCN)ccc1-c1cccc(F)c1.Cl. The zero-order valence-corrected chi connectivity index (χ0v) is 11.5. The van der Waals surface area contributed by atoms with Gasteiger partial charge in [-0.25, -0.2) is 4.39 Å². The standard InChI is InChI=1S/C15H16FNO.ClH/c1-11-9-14(18-8-7-17)5-6-15(11)12-3-2-4-13(16)10-12;/h2-6,9-10H,7-8,17H2,1H3;1H. The van der Waals surface area contributed by atoms with E-state index < -0.39 is 0 Å². The smallest absolute Gasteiger partial charge is 0.123 e. The van der Waals surface area contributed by atoms with E-state index in [0.717, 1.165) is 22.4 Å². The first-order chi connectivity index (χ1) is 8.70. The molecule has 2 aromatic rings. The predicted octanol–water partition coefficient (Wildman–Crippen LogP) is 3.56. The number of nitrogens with two attached hydrogens (primary N) is 1. The Kier molecular flexibility index (Phi) is 5.80. The molecule has 19 heavy (non-hydrogen) atoms. The van der Waals surface area contributed by atoms with Crippen molar-refractivity contribution >= 4 is 12.4 Å². The van der Waals surface area contributed by atoms with Crippen LogP contribution in [0.1, 0.15) is 5.56 Å². The molecule has 2 N–H and O–H groups in total. The lowest BCUT2D eigenvalue weighted by Gasteiger charge is -2.10. The first kappa shape index (κ1) is 15.5. The maximum atomic E-state index is 13.2. The Labute approximate surface area is 118 Å². The van der Waals surface area contributed by atoms with Crippen molar-refractivity contribution in [2.24, 2.45) is 5.73 Å². The molecule has 2 aromatic carbocycles. The van der Waals surface area contributed by atoms with Crippen LogP contribution in [0.2, 0.25) is 0 Å². The van der Waals surface area contributed by atoms with Crippen LogP contribution < -0.4 is 10.5 Å². The normalized spacial score (nSPS) is 9.84. The highest BCUT2D eigenvalue weighted by Crippen LogP contribution is 2.27. The fourth-order valence-corrected chi connectivity index (χ4v) is 1.88. The van der Waals surface area contributed by atoms with Crippen molar-refractivity contribution < 1.29 is 9.13 Å². The molecular weight excluding hydrogens is 265 g/mol. The lowest BCUT2D eigenvalue weighted by Crippen LogP contribution is -2.10. The summed E-state index contributed by atoms with van der Waals surface area (Å²) in [5, 5.41) is 0. The topological polar surface area (TPSA) is 35.2 Å². The molecule has 0 aliphatic carbocycles. The van der Waals surface area contributed by atoms with E-state index in [0.29, 0.717) is 13.2 Å². The van der Waals surface area contributed by atoms with Crippen molar-refractivity contribution in [1.82, 2.24) is 0 Å². The third kappa shape index (κ3) is 3.94. The zero-order valence-electron chi connectivity index (χ0n) is 10.7. The van der Waals surface area contributed by atoms with Crippen molar-refractivity contribution in [3.8, 4) is 16.9 Å². The second kappa shape index (κ2) is 7.12. The van der Waals surface area contributed by atoms with Gasteiger partial charge in [-0.05, 0) is 47.9 Å². The van der Waals surface area contributed by atoms with Crippen LogP contribution in [-0.2, 0) is 0 Å². The Balaban J connectivity index is 0.00000180. The minimum absolute atomic E-state index is 0. The number of hydrogen-bond donors (Lipinski definition) is 1. The minimum atomic E-state index is -0.227. The predicted molar refractivity (Wildman–Crippen MR) is 78.4 cm³/mol. The molecule has 0 saturated heterocycles. The van der Waals surface area contributed by atoms with E-state index in [9.17, 15) is 4.39 Å². The molecule has 0 amide bonds. The molecule has 0 aromatic heterocycles. The summed E-state index contributed by atoms with van der Waals surface area (Å²) in [6, 6.07) is 12.3. The number of aryl methyl sites for hydroxylation is 1. The summed E-state index contributed by atoms with van der Waals surface area (Å²) in [6.45, 7) is 2.97. The molecule has 0 fully saturated rings. The summed E-state index contributed by atoms with van der Waals surface area (Å²) in [6.07, 6.45) is 0. The average Bonchev–Trinajstić information content (AvgIpc) is 2.36. The largest absolute Gasteiger partial charge is 0.492 e. The van der Waals surface area contributed by atoms with Gasteiger partial charge in [-0.1, -0.05) is 18.2 Å². The summed E-state index contributed by atoms with van der Waals surface area (Å²) >= 11 is 0. The lowest BCUT2D eigenvalue weighted by molar-refractivity contribution is 0.328. The summed E-state index contributed by atoms with van der Waals surface area (Å²) in [7, 11) is 0. The molecule has 0 radical (unpaired) electrons. The first-order valence-electron chi connectivity index (χ1n) is 5.90. The Hall–Kier alpha value is -1.58. The van der Waals surface area contributed by atoms with Gasteiger partial charge in [0.05, 0.1) is 0 Å². The fourth-order valence-electron chi connectivity index (χ4n) is 1.88. The lowest BCUT2D eigenvalue weighted by atomic mass is 10.0. The van der Waals surface area contributed by atoms with Gasteiger partial charge in [-0.3, -0.25) is 0 Å². The zero-order chi connectivity index (χ0) is 13.0. The van der Waals surface area contributed by atoms with Gasteiger partial charge in [0.1, 0.15) is 18.2 Å². The van der Waals surface area contributed by atoms with Crippen LogP contribution in [0.4, 0.5) is 4.39 Å². The number of ether oxygens (including phenoxy) is 1. The maximum absolute atomic E-state index is 13.2. The number of hydrogen-bond acceptors (Lipinski definition) is 2. The highest BCUT2D eigenvalue weighted by Gasteiger charge is 2.04. The van der Waals surface area contributed by atoms with E-state index in [1.807, 2.05) is 31.2 Å². The summed E-state index contributed by atoms with van der Waals surface area (Å²) in [5.74, 6) is 0.563. The van der Waals surface area contributed by atoms with Crippen LogP contribution >= 0.6 is 12.4 Å². The van der Waals surface area contributed by atoms with Gasteiger partial charge < -0.3 is 10.5 Å². The number of rotatable bonds is 4. The number of benzene rings is 2. The van der Waals surface area contributed by atoms with Gasteiger partial charge in [-0.2, -0.15) is 0 Å². The third-order valence-corrected chi connectivity index (χ3v) is 2.72. The van der Waals surface area contributed by atoms with Crippen LogP contribution in [0, 0.1) is 12.7 Å². The Morgan fingerprint density at radius 3 is 2.58 bits per heavy atom. The van der Waals surface area contributed by atoms with Gasteiger partial charge in [0, 0.05) is 6.54 Å². The van der Waals surface area contributed by atoms with Crippen molar-refractivity contribution in [3.05, 3.63) is 53.8 Å². The molecule has 2 nitrogen and oxygen atoms in total. The second-order valence-corrected chi connectivity index (χ2v) is 4.12. The molecule has 102 valence electrons. The van der Waals surface area contributed by atoms with Crippen LogP contribution in [-0.4, -0.2) is 13.2 Å². The van der Waals surface area contributed by atoms with Crippen LogP contribution in [0.25, 0.3) is 11.1 Å². The van der Waals surface area contributed by atoms with Crippen LogP contribution in [0.5, 0.6) is 5.75 Å². The molecule has 0 heterocycles. The van der Waals surface area contributed by atoms with Crippen molar-refractivity contribution in [2.75, 3.05) is 13.2 Å². The molecular formula is C15H17ClFNO. The summed E-state index contributed by atoms with van der Waals surface area (Å²) in [5.41, 5.74) is 8.32. The quantitative estimate of drug-likeness (QED) is 0.930. The van der Waals surface area contributed by atoms with Gasteiger partial charge in [-0.15, -0.1) is 12.4 Å². The molecule has 0 saturated carbocycles. The molecule has 0 spiro atoms. The molecule has 4 heteroatoms. The van der Waals surface area contributed by atoms with Crippen LogP contribution in [0.3, 0.4) is 0 Å². The van der Waals surface area contributed by atoms with E-state index in [2.05, 4.69) is 0 Å². The van der Waals surface area contributed by atoms with E-state index in [4.69, 9.17) is 10.5 Å². The van der Waals surface area contributed by atoms with Gasteiger partial charge >= 0.3 is 0 Å². The van der Waals surface area contributed by atoms with E-state index in [1.165, 1.54) is 12.1 Å². The molecule has 0 aliphatic rings. The summed E-state index contributed by atoms with van der Waals surface area (Å²) in [4.78, 5) is 0. The highest BCUT2D eigenvalue weighted by atomic mass is 35.5. The van der Waals surface area contributed by atoms with E-state index >= 15 is 0 Å².